The molecule has 4 aromatic rings. The maximum absolute atomic E-state index is 13.3. The molecule has 194 valence electrons. The number of carbonyl (C=O) groups is 2. The maximum Gasteiger partial charge on any atom is 0.289 e. The van der Waals surface area contributed by atoms with E-state index in [-0.39, 0.29) is 17.6 Å². The fourth-order valence-electron chi connectivity index (χ4n) is 4.60. The minimum Gasteiger partial charge on any atom is -0.496 e. The van der Waals surface area contributed by atoms with E-state index in [9.17, 15) is 9.59 Å². The molecule has 0 spiro atoms. The van der Waals surface area contributed by atoms with E-state index in [1.165, 1.54) is 7.11 Å². The number of rotatable bonds is 7. The zero-order valence-electron chi connectivity index (χ0n) is 21.4. The number of para-hydroxylation sites is 1. The molecule has 1 N–H and O–H groups in total. The summed E-state index contributed by atoms with van der Waals surface area (Å²) in [4.78, 5) is 27.8. The van der Waals surface area contributed by atoms with Gasteiger partial charge in [0.1, 0.15) is 11.5 Å². The topological polar surface area (TPSA) is 90.2 Å². The van der Waals surface area contributed by atoms with Gasteiger partial charge >= 0.3 is 0 Å². The van der Waals surface area contributed by atoms with E-state index in [0.717, 1.165) is 16.7 Å². The van der Waals surface area contributed by atoms with Crippen LogP contribution in [0.4, 0.5) is 5.69 Å². The molecule has 3 aromatic carbocycles. The van der Waals surface area contributed by atoms with Gasteiger partial charge < -0.3 is 28.8 Å². The van der Waals surface area contributed by atoms with E-state index in [1.54, 1.807) is 61.6 Å². The molecule has 0 atom stereocenters. The van der Waals surface area contributed by atoms with Crippen LogP contribution < -0.4 is 19.5 Å². The van der Waals surface area contributed by atoms with Crippen LogP contribution >= 0.6 is 0 Å². The first-order chi connectivity index (χ1) is 18.5. The van der Waals surface area contributed by atoms with Crippen LogP contribution in [-0.2, 0) is 13.0 Å². The van der Waals surface area contributed by atoms with Crippen LogP contribution in [0.1, 0.15) is 32.0 Å². The van der Waals surface area contributed by atoms with Crippen molar-refractivity contribution in [3.05, 3.63) is 95.2 Å². The lowest BCUT2D eigenvalue weighted by molar-refractivity contribution is 0.0703. The van der Waals surface area contributed by atoms with Crippen LogP contribution in [0.3, 0.4) is 0 Å². The standard InChI is InChI=1S/C30H28N2O6/c1-35-25-10-5-4-9-23(25)29(33)31-22-8-6-7-20(15-22)24-11-12-26(38-24)30(34)32-14-13-19-16-27(36-2)28(37-3)17-21(19)18-32/h4-12,15-17H,13-14,18H2,1-3H3,(H,31,33). The average Bonchev–Trinajstić information content (AvgIpc) is 3.46. The lowest BCUT2D eigenvalue weighted by Gasteiger charge is -2.29. The summed E-state index contributed by atoms with van der Waals surface area (Å²) in [6.07, 6.45) is 0.711. The lowest BCUT2D eigenvalue weighted by Crippen LogP contribution is -2.35. The molecule has 0 radical (unpaired) electrons. The van der Waals surface area contributed by atoms with Crippen molar-refractivity contribution in [1.29, 1.82) is 0 Å². The number of carbonyl (C=O) groups excluding carboxylic acids is 2. The highest BCUT2D eigenvalue weighted by Crippen LogP contribution is 2.34. The minimum absolute atomic E-state index is 0.183. The quantitative estimate of drug-likeness (QED) is 0.356. The third-order valence-corrected chi connectivity index (χ3v) is 6.58. The Bertz CT molecular complexity index is 1490. The SMILES string of the molecule is COc1cc2c(cc1OC)CN(C(=O)c1ccc(-c3cccc(NC(=O)c4ccccc4OC)c3)o1)CC2. The van der Waals surface area contributed by atoms with Crippen LogP contribution in [-0.4, -0.2) is 44.6 Å². The highest BCUT2D eigenvalue weighted by molar-refractivity contribution is 6.06. The monoisotopic (exact) mass is 512 g/mol. The normalized spacial score (nSPS) is 12.4. The predicted molar refractivity (Wildman–Crippen MR) is 143 cm³/mol. The van der Waals surface area contributed by atoms with E-state index in [1.807, 2.05) is 30.3 Å². The second-order valence-electron chi connectivity index (χ2n) is 8.85. The van der Waals surface area contributed by atoms with Gasteiger partial charge in [-0.1, -0.05) is 24.3 Å². The molecule has 8 heteroatoms. The fraction of sp³-hybridized carbons (Fsp3) is 0.200. The second-order valence-corrected chi connectivity index (χ2v) is 8.85. The molecular formula is C30H28N2O6. The number of methoxy groups -OCH3 is 3. The highest BCUT2D eigenvalue weighted by atomic mass is 16.5. The van der Waals surface area contributed by atoms with Crippen LogP contribution in [0.15, 0.2) is 77.2 Å². The molecule has 0 bridgehead atoms. The second kappa shape index (κ2) is 10.7. The Morgan fingerprint density at radius 3 is 2.32 bits per heavy atom. The molecule has 38 heavy (non-hydrogen) atoms. The molecule has 0 saturated heterocycles. The fourth-order valence-corrected chi connectivity index (χ4v) is 4.60. The minimum atomic E-state index is -0.283. The summed E-state index contributed by atoms with van der Waals surface area (Å²) in [6.45, 7) is 1.02. The van der Waals surface area contributed by atoms with Crippen LogP contribution in [0.2, 0.25) is 0 Å². The van der Waals surface area contributed by atoms with Gasteiger partial charge in [0.2, 0.25) is 0 Å². The summed E-state index contributed by atoms with van der Waals surface area (Å²) in [6, 6.07) is 21.6. The Hall–Kier alpha value is -4.72. The Balaban J connectivity index is 1.31. The summed E-state index contributed by atoms with van der Waals surface area (Å²) >= 11 is 0. The summed E-state index contributed by atoms with van der Waals surface area (Å²) in [5, 5.41) is 2.90. The van der Waals surface area contributed by atoms with E-state index in [0.29, 0.717) is 53.8 Å². The predicted octanol–water partition coefficient (Wildman–Crippen LogP) is 5.42. The number of fused-ring (bicyclic) bond motifs is 1. The average molecular weight is 513 g/mol. The van der Waals surface area contributed by atoms with Crippen molar-refractivity contribution < 1.29 is 28.2 Å². The van der Waals surface area contributed by atoms with Gasteiger partial charge in [0.05, 0.1) is 26.9 Å². The van der Waals surface area contributed by atoms with Gasteiger partial charge in [-0.3, -0.25) is 9.59 Å². The summed E-state index contributed by atoms with van der Waals surface area (Å²) in [5.41, 5.74) is 3.93. The number of nitrogens with one attached hydrogen (secondary N) is 1. The van der Waals surface area contributed by atoms with Crippen molar-refractivity contribution in [3.63, 3.8) is 0 Å². The van der Waals surface area contributed by atoms with E-state index >= 15 is 0 Å². The third kappa shape index (κ3) is 4.93. The number of hydrogen-bond acceptors (Lipinski definition) is 6. The zero-order valence-corrected chi connectivity index (χ0v) is 21.4. The molecule has 0 fully saturated rings. The van der Waals surface area contributed by atoms with Crippen LogP contribution in [0.5, 0.6) is 17.2 Å². The summed E-state index contributed by atoms with van der Waals surface area (Å²) < 4.78 is 22.1. The van der Waals surface area contributed by atoms with Crippen molar-refractivity contribution in [1.82, 2.24) is 4.90 Å². The molecule has 1 aliphatic heterocycles. The van der Waals surface area contributed by atoms with Crippen molar-refractivity contribution in [2.75, 3.05) is 33.2 Å². The smallest absolute Gasteiger partial charge is 0.289 e. The maximum atomic E-state index is 13.3. The van der Waals surface area contributed by atoms with Gasteiger partial charge in [0.25, 0.3) is 11.8 Å². The first kappa shape index (κ1) is 25.0. The number of nitrogens with zero attached hydrogens (tertiary/aromatic N) is 1. The number of hydrogen-bond donors (Lipinski definition) is 1. The van der Waals surface area contributed by atoms with Gasteiger partial charge in [0, 0.05) is 24.3 Å². The molecule has 0 unspecified atom stereocenters. The molecule has 0 saturated carbocycles. The number of amides is 2. The highest BCUT2D eigenvalue weighted by Gasteiger charge is 2.26. The molecular weight excluding hydrogens is 484 g/mol. The summed E-state index contributed by atoms with van der Waals surface area (Å²) in [7, 11) is 4.74. The zero-order chi connectivity index (χ0) is 26.6. The van der Waals surface area contributed by atoms with E-state index in [2.05, 4.69) is 5.32 Å². The first-order valence-corrected chi connectivity index (χ1v) is 12.2. The van der Waals surface area contributed by atoms with Crippen LogP contribution in [0, 0.1) is 0 Å². The van der Waals surface area contributed by atoms with Gasteiger partial charge in [0.15, 0.2) is 17.3 Å². The number of furan rings is 1. The summed E-state index contributed by atoms with van der Waals surface area (Å²) in [5.74, 6) is 2.14. The molecule has 5 rings (SSSR count). The van der Waals surface area contributed by atoms with Crippen molar-refractivity contribution in [3.8, 4) is 28.6 Å². The lowest BCUT2D eigenvalue weighted by atomic mass is 9.98. The molecule has 8 nitrogen and oxygen atoms in total. The largest absolute Gasteiger partial charge is 0.496 e. The molecule has 1 aliphatic rings. The first-order valence-electron chi connectivity index (χ1n) is 12.2. The Labute approximate surface area is 220 Å². The van der Waals surface area contributed by atoms with Gasteiger partial charge in [-0.25, -0.2) is 0 Å². The van der Waals surface area contributed by atoms with Gasteiger partial charge in [-0.2, -0.15) is 0 Å². The van der Waals surface area contributed by atoms with E-state index < -0.39 is 0 Å². The van der Waals surface area contributed by atoms with Crippen molar-refractivity contribution in [2.24, 2.45) is 0 Å². The molecule has 1 aromatic heterocycles. The molecule has 2 heterocycles. The van der Waals surface area contributed by atoms with Gasteiger partial charge in [-0.15, -0.1) is 0 Å². The van der Waals surface area contributed by atoms with Crippen LogP contribution in [0.25, 0.3) is 11.3 Å². The number of ether oxygens (including phenoxy) is 3. The Morgan fingerprint density at radius 2 is 1.55 bits per heavy atom. The molecule has 0 aliphatic carbocycles. The number of benzene rings is 3. The number of anilines is 1. The van der Waals surface area contributed by atoms with Gasteiger partial charge in [-0.05, 0) is 66.1 Å². The van der Waals surface area contributed by atoms with Crippen molar-refractivity contribution >= 4 is 17.5 Å². The Morgan fingerprint density at radius 1 is 0.816 bits per heavy atom. The third-order valence-electron chi connectivity index (χ3n) is 6.58. The van der Waals surface area contributed by atoms with Crippen molar-refractivity contribution in [2.45, 2.75) is 13.0 Å². The van der Waals surface area contributed by atoms with E-state index in [4.69, 9.17) is 18.6 Å². The Kier molecular flexibility index (Phi) is 7.04. The molecule has 2 amide bonds.